The molecular weight excluding hydrogens is 232 g/mol. The molecule has 0 aliphatic carbocycles. The van der Waals surface area contributed by atoms with E-state index in [0.717, 1.165) is 0 Å². The summed E-state index contributed by atoms with van der Waals surface area (Å²) in [6, 6.07) is 4.64. The van der Waals surface area contributed by atoms with E-state index in [9.17, 15) is 9.59 Å². The van der Waals surface area contributed by atoms with Gasteiger partial charge in [-0.25, -0.2) is 4.79 Å². The number of benzene rings is 1. The summed E-state index contributed by atoms with van der Waals surface area (Å²) < 4.78 is 10.2. The molecule has 0 radical (unpaired) electrons. The summed E-state index contributed by atoms with van der Waals surface area (Å²) in [7, 11) is 0. The van der Waals surface area contributed by atoms with E-state index in [4.69, 9.17) is 21.1 Å². The number of ether oxygens (including phenoxy) is 2. The van der Waals surface area contributed by atoms with Crippen molar-refractivity contribution in [2.24, 2.45) is 0 Å². The SMILES string of the molecule is O=Cc1ccc(OC2CCOC2=O)c(Cl)c1. The number of halogens is 1. The number of rotatable bonds is 3. The van der Waals surface area contributed by atoms with Gasteiger partial charge < -0.3 is 9.47 Å². The highest BCUT2D eigenvalue weighted by atomic mass is 35.5. The second kappa shape index (κ2) is 4.53. The molecule has 0 aromatic heterocycles. The Morgan fingerprint density at radius 1 is 1.50 bits per heavy atom. The smallest absolute Gasteiger partial charge is 0.347 e. The fourth-order valence-electron chi connectivity index (χ4n) is 1.42. The third-order valence-electron chi connectivity index (χ3n) is 2.25. The molecule has 0 amide bonds. The summed E-state index contributed by atoms with van der Waals surface area (Å²) in [6.45, 7) is 0.369. The van der Waals surface area contributed by atoms with Crippen molar-refractivity contribution < 1.29 is 19.1 Å². The summed E-state index contributed by atoms with van der Waals surface area (Å²) >= 11 is 5.90. The molecule has 1 saturated heterocycles. The number of hydrogen-bond acceptors (Lipinski definition) is 4. The summed E-state index contributed by atoms with van der Waals surface area (Å²) in [5.41, 5.74) is 0.464. The molecule has 1 unspecified atom stereocenters. The first-order valence-corrected chi connectivity index (χ1v) is 5.16. The van der Waals surface area contributed by atoms with Gasteiger partial charge in [0.1, 0.15) is 12.0 Å². The minimum Gasteiger partial charge on any atom is -0.477 e. The van der Waals surface area contributed by atoms with Crippen LogP contribution in [0.2, 0.25) is 5.02 Å². The summed E-state index contributed by atoms with van der Waals surface area (Å²) in [4.78, 5) is 21.7. The van der Waals surface area contributed by atoms with Crippen molar-refractivity contribution >= 4 is 23.9 Å². The average Bonchev–Trinajstić information content (AvgIpc) is 2.67. The monoisotopic (exact) mass is 240 g/mol. The first-order chi connectivity index (χ1) is 7.70. The maximum absolute atomic E-state index is 11.2. The standard InChI is InChI=1S/C11H9ClO4/c12-8-5-7(6-13)1-2-9(8)16-10-3-4-15-11(10)14/h1-2,5-6,10H,3-4H2. The fraction of sp³-hybridized carbons (Fsp3) is 0.273. The largest absolute Gasteiger partial charge is 0.477 e. The quantitative estimate of drug-likeness (QED) is 0.598. The topological polar surface area (TPSA) is 52.6 Å². The Balaban J connectivity index is 2.15. The van der Waals surface area contributed by atoms with Crippen LogP contribution in [-0.4, -0.2) is 25.0 Å². The lowest BCUT2D eigenvalue weighted by Gasteiger charge is -2.11. The lowest BCUT2D eigenvalue weighted by atomic mass is 10.2. The van der Waals surface area contributed by atoms with Gasteiger partial charge in [0.25, 0.3) is 0 Å². The normalized spacial score (nSPS) is 19.3. The van der Waals surface area contributed by atoms with E-state index in [1.165, 1.54) is 6.07 Å². The third-order valence-corrected chi connectivity index (χ3v) is 2.54. The van der Waals surface area contributed by atoms with Crippen LogP contribution in [0, 0.1) is 0 Å². The zero-order chi connectivity index (χ0) is 11.5. The van der Waals surface area contributed by atoms with Crippen molar-refractivity contribution in [1.29, 1.82) is 0 Å². The Hall–Kier alpha value is -1.55. The molecule has 5 heteroatoms. The van der Waals surface area contributed by atoms with E-state index in [2.05, 4.69) is 0 Å². The van der Waals surface area contributed by atoms with Gasteiger partial charge in [0.15, 0.2) is 6.10 Å². The molecule has 1 atom stereocenters. The molecule has 1 heterocycles. The zero-order valence-corrected chi connectivity index (χ0v) is 9.07. The van der Waals surface area contributed by atoms with Crippen LogP contribution >= 0.6 is 11.6 Å². The number of hydrogen-bond donors (Lipinski definition) is 0. The van der Waals surface area contributed by atoms with Crippen LogP contribution in [0.1, 0.15) is 16.8 Å². The highest BCUT2D eigenvalue weighted by Gasteiger charge is 2.28. The molecule has 84 valence electrons. The molecule has 2 rings (SSSR count). The van der Waals surface area contributed by atoms with Gasteiger partial charge in [-0.2, -0.15) is 0 Å². The minimum atomic E-state index is -0.598. The maximum atomic E-state index is 11.2. The molecule has 0 N–H and O–H groups in total. The van der Waals surface area contributed by atoms with Gasteiger partial charge in [0.05, 0.1) is 11.6 Å². The lowest BCUT2D eigenvalue weighted by molar-refractivity contribution is -0.143. The number of carbonyl (C=O) groups is 2. The average molecular weight is 241 g/mol. The summed E-state index contributed by atoms with van der Waals surface area (Å²) in [5, 5.41) is 0.310. The Morgan fingerprint density at radius 2 is 2.31 bits per heavy atom. The predicted octanol–water partition coefficient (Wildman–Crippen LogP) is 1.85. The van der Waals surface area contributed by atoms with E-state index in [1.54, 1.807) is 12.1 Å². The van der Waals surface area contributed by atoms with Crippen LogP contribution in [0.25, 0.3) is 0 Å². The number of cyclic esters (lactones) is 1. The summed E-state index contributed by atoms with van der Waals surface area (Å²) in [5.74, 6) is 0.00615. The highest BCUT2D eigenvalue weighted by molar-refractivity contribution is 6.32. The molecule has 4 nitrogen and oxygen atoms in total. The maximum Gasteiger partial charge on any atom is 0.347 e. The molecule has 1 aliphatic heterocycles. The van der Waals surface area contributed by atoms with Crippen molar-refractivity contribution in [3.05, 3.63) is 28.8 Å². The Morgan fingerprint density at radius 3 is 2.88 bits per heavy atom. The zero-order valence-electron chi connectivity index (χ0n) is 8.31. The van der Waals surface area contributed by atoms with Gasteiger partial charge in [0.2, 0.25) is 0 Å². The van der Waals surface area contributed by atoms with Crippen LogP contribution in [0.3, 0.4) is 0 Å². The van der Waals surface area contributed by atoms with Gasteiger partial charge >= 0.3 is 5.97 Å². The highest BCUT2D eigenvalue weighted by Crippen LogP contribution is 2.27. The van der Waals surface area contributed by atoms with Crippen LogP contribution in [0.4, 0.5) is 0 Å². The van der Waals surface area contributed by atoms with E-state index in [0.29, 0.717) is 35.6 Å². The first kappa shape index (κ1) is 11.0. The third kappa shape index (κ3) is 2.17. The molecule has 1 aliphatic rings. The van der Waals surface area contributed by atoms with Gasteiger partial charge in [0, 0.05) is 12.0 Å². The Labute approximate surface area is 97.1 Å². The van der Waals surface area contributed by atoms with Gasteiger partial charge in [-0.1, -0.05) is 11.6 Å². The molecule has 0 spiro atoms. The van der Waals surface area contributed by atoms with Crippen molar-refractivity contribution in [3.63, 3.8) is 0 Å². The first-order valence-electron chi connectivity index (χ1n) is 4.79. The lowest BCUT2D eigenvalue weighted by Crippen LogP contribution is -2.21. The van der Waals surface area contributed by atoms with E-state index in [-0.39, 0.29) is 5.97 Å². The predicted molar refractivity (Wildman–Crippen MR) is 56.8 cm³/mol. The number of esters is 1. The summed E-state index contributed by atoms with van der Waals surface area (Å²) in [6.07, 6.45) is 0.615. The van der Waals surface area contributed by atoms with Crippen molar-refractivity contribution in [2.45, 2.75) is 12.5 Å². The molecule has 1 aromatic carbocycles. The number of carbonyl (C=O) groups excluding carboxylic acids is 2. The van der Waals surface area contributed by atoms with Gasteiger partial charge in [-0.05, 0) is 18.2 Å². The molecule has 1 aromatic rings. The molecule has 0 saturated carbocycles. The van der Waals surface area contributed by atoms with E-state index >= 15 is 0 Å². The molecule has 1 fully saturated rings. The second-order valence-electron chi connectivity index (χ2n) is 3.37. The molecular formula is C11H9ClO4. The van der Waals surface area contributed by atoms with Crippen molar-refractivity contribution in [3.8, 4) is 5.75 Å². The number of aldehydes is 1. The van der Waals surface area contributed by atoms with Crippen LogP contribution < -0.4 is 4.74 Å². The van der Waals surface area contributed by atoms with Crippen molar-refractivity contribution in [2.75, 3.05) is 6.61 Å². The Kier molecular flexibility index (Phi) is 3.10. The second-order valence-corrected chi connectivity index (χ2v) is 3.78. The van der Waals surface area contributed by atoms with Crippen LogP contribution in [-0.2, 0) is 9.53 Å². The van der Waals surface area contributed by atoms with E-state index < -0.39 is 6.10 Å². The van der Waals surface area contributed by atoms with Crippen LogP contribution in [0.15, 0.2) is 18.2 Å². The Bertz CT molecular complexity index is 430. The van der Waals surface area contributed by atoms with Crippen molar-refractivity contribution in [1.82, 2.24) is 0 Å². The molecule has 0 bridgehead atoms. The minimum absolute atomic E-state index is 0.310. The van der Waals surface area contributed by atoms with Gasteiger partial charge in [-0.15, -0.1) is 0 Å². The van der Waals surface area contributed by atoms with E-state index in [1.807, 2.05) is 0 Å². The fourth-order valence-corrected chi connectivity index (χ4v) is 1.66. The molecule has 16 heavy (non-hydrogen) atoms. The van der Waals surface area contributed by atoms with Crippen LogP contribution in [0.5, 0.6) is 5.75 Å². The van der Waals surface area contributed by atoms with Gasteiger partial charge in [-0.3, -0.25) is 4.79 Å².